The smallest absolute Gasteiger partial charge is 0.261 e. The molecule has 0 unspecified atom stereocenters. The van der Waals surface area contributed by atoms with Gasteiger partial charge in [0.1, 0.15) is 6.61 Å². The number of rotatable bonds is 5. The summed E-state index contributed by atoms with van der Waals surface area (Å²) in [4.78, 5) is 14.0. The molecule has 0 fully saturated rings. The zero-order valence-electron chi connectivity index (χ0n) is 14.2. The molecule has 7 heteroatoms. The number of fused-ring (bicyclic) bond motifs is 1. The molecule has 0 aromatic heterocycles. The Kier molecular flexibility index (Phi) is 4.78. The van der Waals surface area contributed by atoms with Crippen LogP contribution in [0.5, 0.6) is 0 Å². The van der Waals surface area contributed by atoms with Crippen LogP contribution in [0.1, 0.15) is 11.1 Å². The Labute approximate surface area is 147 Å². The Morgan fingerprint density at radius 3 is 2.76 bits per heavy atom. The molecule has 1 heterocycles. The lowest BCUT2D eigenvalue weighted by Gasteiger charge is -2.18. The Morgan fingerprint density at radius 1 is 1.24 bits per heavy atom. The molecule has 0 atom stereocenters. The predicted octanol–water partition coefficient (Wildman–Crippen LogP) is 2.33. The quantitative estimate of drug-likeness (QED) is 0.888. The Bertz CT molecular complexity index is 909. The lowest BCUT2D eigenvalue weighted by Crippen LogP contribution is -2.32. The molecular formula is C18H20N2O4S. The fourth-order valence-corrected chi connectivity index (χ4v) is 4.05. The normalized spacial score (nSPS) is 13.6. The minimum Gasteiger partial charge on any atom is -0.375 e. The standard InChI is InChI=1S/C18H20N2O4S/c1-13-4-3-5-16(10-13)25(22,23)19-15-7-6-14-8-9-20(17(14)11-15)18(21)12-24-2/h3-7,10-11,19H,8-9,12H2,1-2H3. The number of nitrogens with zero attached hydrogens (tertiary/aromatic N) is 1. The summed E-state index contributed by atoms with van der Waals surface area (Å²) in [6, 6.07) is 12.0. The molecule has 2 aromatic carbocycles. The molecule has 2 aromatic rings. The number of sulfonamides is 1. The van der Waals surface area contributed by atoms with Crippen LogP contribution in [-0.2, 0) is 26.0 Å². The number of ether oxygens (including phenoxy) is 1. The van der Waals surface area contributed by atoms with Crippen molar-refractivity contribution in [3.63, 3.8) is 0 Å². The van der Waals surface area contributed by atoms with Gasteiger partial charge in [0, 0.05) is 19.3 Å². The largest absolute Gasteiger partial charge is 0.375 e. The van der Waals surface area contributed by atoms with Crippen LogP contribution in [0, 0.1) is 6.92 Å². The van der Waals surface area contributed by atoms with E-state index in [-0.39, 0.29) is 17.4 Å². The minimum absolute atomic E-state index is 0.00130. The summed E-state index contributed by atoms with van der Waals surface area (Å²) in [7, 11) is -2.21. The first-order chi connectivity index (χ1) is 11.9. The van der Waals surface area contributed by atoms with E-state index in [4.69, 9.17) is 4.74 Å². The summed E-state index contributed by atoms with van der Waals surface area (Å²) in [5.74, 6) is -0.139. The number of carbonyl (C=O) groups excluding carboxylic acids is 1. The molecule has 3 rings (SSSR count). The third kappa shape index (κ3) is 3.67. The molecule has 0 aliphatic carbocycles. The number of amides is 1. The van der Waals surface area contributed by atoms with E-state index in [0.29, 0.717) is 12.2 Å². The number of anilines is 2. The van der Waals surface area contributed by atoms with Crippen LogP contribution >= 0.6 is 0 Å². The number of nitrogens with one attached hydrogen (secondary N) is 1. The highest BCUT2D eigenvalue weighted by molar-refractivity contribution is 7.92. The zero-order valence-corrected chi connectivity index (χ0v) is 15.0. The van der Waals surface area contributed by atoms with Crippen molar-refractivity contribution in [2.75, 3.05) is 29.9 Å². The van der Waals surface area contributed by atoms with Crippen molar-refractivity contribution in [3.8, 4) is 0 Å². The van der Waals surface area contributed by atoms with Crippen molar-refractivity contribution in [2.24, 2.45) is 0 Å². The molecule has 1 aliphatic rings. The number of benzene rings is 2. The molecule has 0 saturated heterocycles. The maximum Gasteiger partial charge on any atom is 0.261 e. The van der Waals surface area contributed by atoms with Crippen LogP contribution in [0.2, 0.25) is 0 Å². The van der Waals surface area contributed by atoms with E-state index in [1.807, 2.05) is 19.1 Å². The average molecular weight is 360 g/mol. The zero-order chi connectivity index (χ0) is 18.0. The lowest BCUT2D eigenvalue weighted by molar-refractivity contribution is -0.122. The van der Waals surface area contributed by atoms with E-state index in [1.165, 1.54) is 7.11 Å². The van der Waals surface area contributed by atoms with Crippen molar-refractivity contribution < 1.29 is 17.9 Å². The van der Waals surface area contributed by atoms with Gasteiger partial charge in [-0.25, -0.2) is 8.42 Å². The highest BCUT2D eigenvalue weighted by atomic mass is 32.2. The van der Waals surface area contributed by atoms with E-state index < -0.39 is 10.0 Å². The third-order valence-electron chi connectivity index (χ3n) is 4.10. The van der Waals surface area contributed by atoms with E-state index in [1.54, 1.807) is 35.2 Å². The van der Waals surface area contributed by atoms with E-state index in [2.05, 4.69) is 4.72 Å². The summed E-state index contributed by atoms with van der Waals surface area (Å²) < 4.78 is 32.6. The first kappa shape index (κ1) is 17.4. The van der Waals surface area contributed by atoms with E-state index in [0.717, 1.165) is 23.2 Å². The molecule has 132 valence electrons. The molecule has 1 N–H and O–H groups in total. The molecular weight excluding hydrogens is 340 g/mol. The fourth-order valence-electron chi connectivity index (χ4n) is 2.90. The first-order valence-corrected chi connectivity index (χ1v) is 9.41. The first-order valence-electron chi connectivity index (χ1n) is 7.92. The lowest BCUT2D eigenvalue weighted by atomic mass is 10.1. The van der Waals surface area contributed by atoms with Crippen molar-refractivity contribution in [2.45, 2.75) is 18.2 Å². The summed E-state index contributed by atoms with van der Waals surface area (Å²) in [6.45, 7) is 2.41. The highest BCUT2D eigenvalue weighted by Crippen LogP contribution is 2.31. The van der Waals surface area contributed by atoms with Crippen molar-refractivity contribution in [1.29, 1.82) is 0 Å². The Hall–Kier alpha value is -2.38. The van der Waals surface area contributed by atoms with Gasteiger partial charge in [0.2, 0.25) is 0 Å². The number of aryl methyl sites for hydroxylation is 1. The van der Waals surface area contributed by atoms with E-state index in [9.17, 15) is 13.2 Å². The van der Waals surface area contributed by atoms with Crippen LogP contribution in [0.3, 0.4) is 0 Å². The topological polar surface area (TPSA) is 75.7 Å². The second kappa shape index (κ2) is 6.85. The van der Waals surface area contributed by atoms with Gasteiger partial charge in [-0.15, -0.1) is 0 Å². The molecule has 0 spiro atoms. The second-order valence-electron chi connectivity index (χ2n) is 5.99. The van der Waals surface area contributed by atoms with Crippen LogP contribution in [0.25, 0.3) is 0 Å². The molecule has 0 radical (unpaired) electrons. The summed E-state index contributed by atoms with van der Waals surface area (Å²) in [5.41, 5.74) is 3.04. The Morgan fingerprint density at radius 2 is 2.04 bits per heavy atom. The summed E-state index contributed by atoms with van der Waals surface area (Å²) in [6.07, 6.45) is 0.746. The van der Waals surface area contributed by atoms with Crippen LogP contribution in [0.15, 0.2) is 47.4 Å². The van der Waals surface area contributed by atoms with Gasteiger partial charge < -0.3 is 9.64 Å². The molecule has 25 heavy (non-hydrogen) atoms. The van der Waals surface area contributed by atoms with Gasteiger partial charge in [0.15, 0.2) is 0 Å². The second-order valence-corrected chi connectivity index (χ2v) is 7.68. The number of carbonyl (C=O) groups is 1. The van der Waals surface area contributed by atoms with Crippen molar-refractivity contribution >= 4 is 27.3 Å². The maximum absolute atomic E-state index is 12.6. The molecule has 1 amide bonds. The van der Waals surface area contributed by atoms with Gasteiger partial charge in [-0.05, 0) is 48.7 Å². The molecule has 0 bridgehead atoms. The van der Waals surface area contributed by atoms with E-state index >= 15 is 0 Å². The van der Waals surface area contributed by atoms with Crippen molar-refractivity contribution in [3.05, 3.63) is 53.6 Å². The van der Waals surface area contributed by atoms with Gasteiger partial charge in [-0.2, -0.15) is 0 Å². The average Bonchev–Trinajstić information content (AvgIpc) is 2.98. The van der Waals surface area contributed by atoms with Crippen LogP contribution in [-0.4, -0.2) is 34.6 Å². The highest BCUT2D eigenvalue weighted by Gasteiger charge is 2.25. The number of hydrogen-bond acceptors (Lipinski definition) is 4. The molecule has 6 nitrogen and oxygen atoms in total. The molecule has 0 saturated carbocycles. The maximum atomic E-state index is 12.6. The summed E-state index contributed by atoms with van der Waals surface area (Å²) in [5, 5.41) is 0. The van der Waals surface area contributed by atoms with Gasteiger partial charge in [0.25, 0.3) is 15.9 Å². The van der Waals surface area contributed by atoms with Crippen LogP contribution < -0.4 is 9.62 Å². The fraction of sp³-hybridized carbons (Fsp3) is 0.278. The van der Waals surface area contributed by atoms with Gasteiger partial charge >= 0.3 is 0 Å². The molecule has 1 aliphatic heterocycles. The van der Waals surface area contributed by atoms with Gasteiger partial charge in [-0.1, -0.05) is 18.2 Å². The minimum atomic E-state index is -3.68. The third-order valence-corrected chi connectivity index (χ3v) is 5.48. The number of hydrogen-bond donors (Lipinski definition) is 1. The predicted molar refractivity (Wildman–Crippen MR) is 96.4 cm³/mol. The number of methoxy groups -OCH3 is 1. The monoisotopic (exact) mass is 360 g/mol. The van der Waals surface area contributed by atoms with Gasteiger partial charge in [-0.3, -0.25) is 9.52 Å². The summed E-state index contributed by atoms with van der Waals surface area (Å²) >= 11 is 0. The van der Waals surface area contributed by atoms with Crippen molar-refractivity contribution in [1.82, 2.24) is 0 Å². The van der Waals surface area contributed by atoms with Gasteiger partial charge in [0.05, 0.1) is 10.6 Å². The Balaban J connectivity index is 1.88. The van der Waals surface area contributed by atoms with Crippen LogP contribution in [0.4, 0.5) is 11.4 Å². The SMILES string of the molecule is COCC(=O)N1CCc2ccc(NS(=O)(=O)c3cccc(C)c3)cc21.